The van der Waals surface area contributed by atoms with Gasteiger partial charge in [0.15, 0.2) is 0 Å². The maximum absolute atomic E-state index is 11.9. The smallest absolute Gasteiger partial charge is 0.307 e. The molecule has 0 bridgehead atoms. The average molecular weight is 284 g/mol. The standard InChI is InChI=1S/C14H24N2O4/c1-9(2)8-16-12(17)6-7-15-13(18)10-4-3-5-11(10)14(19)20/h9-11H,3-8H2,1-2H3,(H,15,18)(H,16,17)(H,19,20). The lowest BCUT2D eigenvalue weighted by Crippen LogP contribution is -2.37. The van der Waals surface area contributed by atoms with E-state index < -0.39 is 17.8 Å². The molecule has 0 aromatic rings. The molecule has 2 amide bonds. The Labute approximate surface area is 119 Å². The molecule has 2 unspecified atom stereocenters. The Morgan fingerprint density at radius 2 is 1.80 bits per heavy atom. The van der Waals surface area contributed by atoms with Crippen molar-refractivity contribution in [3.63, 3.8) is 0 Å². The number of amides is 2. The Morgan fingerprint density at radius 3 is 2.40 bits per heavy atom. The summed E-state index contributed by atoms with van der Waals surface area (Å²) in [5.41, 5.74) is 0. The topological polar surface area (TPSA) is 95.5 Å². The highest BCUT2D eigenvalue weighted by Gasteiger charge is 2.37. The maximum Gasteiger partial charge on any atom is 0.307 e. The molecule has 1 aliphatic carbocycles. The molecular weight excluding hydrogens is 260 g/mol. The molecule has 1 fully saturated rings. The van der Waals surface area contributed by atoms with Gasteiger partial charge in [0.25, 0.3) is 0 Å². The van der Waals surface area contributed by atoms with Crippen LogP contribution < -0.4 is 10.6 Å². The van der Waals surface area contributed by atoms with Gasteiger partial charge in [-0.3, -0.25) is 14.4 Å². The zero-order valence-corrected chi connectivity index (χ0v) is 12.1. The summed E-state index contributed by atoms with van der Waals surface area (Å²) in [6, 6.07) is 0. The third kappa shape index (κ3) is 5.19. The van der Waals surface area contributed by atoms with Crippen molar-refractivity contribution >= 4 is 17.8 Å². The van der Waals surface area contributed by atoms with Crippen LogP contribution in [0.5, 0.6) is 0 Å². The molecule has 0 spiro atoms. The van der Waals surface area contributed by atoms with Gasteiger partial charge in [-0.25, -0.2) is 0 Å². The van der Waals surface area contributed by atoms with Crippen LogP contribution in [-0.4, -0.2) is 36.0 Å². The highest BCUT2D eigenvalue weighted by molar-refractivity contribution is 5.85. The average Bonchev–Trinajstić information content (AvgIpc) is 2.85. The minimum atomic E-state index is -0.905. The Balaban J connectivity index is 2.26. The first-order valence-electron chi connectivity index (χ1n) is 7.19. The number of carbonyl (C=O) groups excluding carboxylic acids is 2. The number of carboxylic acids is 1. The van der Waals surface area contributed by atoms with Crippen molar-refractivity contribution in [3.8, 4) is 0 Å². The summed E-state index contributed by atoms with van der Waals surface area (Å²) in [6.07, 6.45) is 2.16. The lowest BCUT2D eigenvalue weighted by Gasteiger charge is -2.15. The second kappa shape index (κ2) is 7.87. The summed E-state index contributed by atoms with van der Waals surface area (Å²) in [6.45, 7) is 4.89. The van der Waals surface area contributed by atoms with Crippen LogP contribution >= 0.6 is 0 Å². The Hall–Kier alpha value is -1.59. The number of carboxylic acid groups (broad SMARTS) is 1. The van der Waals surface area contributed by atoms with Gasteiger partial charge in [-0.05, 0) is 18.8 Å². The van der Waals surface area contributed by atoms with Crippen molar-refractivity contribution in [3.05, 3.63) is 0 Å². The van der Waals surface area contributed by atoms with Crippen molar-refractivity contribution in [2.75, 3.05) is 13.1 Å². The molecule has 20 heavy (non-hydrogen) atoms. The summed E-state index contributed by atoms with van der Waals surface area (Å²) >= 11 is 0. The van der Waals surface area contributed by atoms with Crippen LogP contribution in [0.2, 0.25) is 0 Å². The van der Waals surface area contributed by atoms with Gasteiger partial charge in [-0.2, -0.15) is 0 Å². The molecular formula is C14H24N2O4. The highest BCUT2D eigenvalue weighted by Crippen LogP contribution is 2.31. The van der Waals surface area contributed by atoms with E-state index in [4.69, 9.17) is 5.11 Å². The second-order valence-corrected chi connectivity index (χ2v) is 5.72. The van der Waals surface area contributed by atoms with E-state index in [2.05, 4.69) is 10.6 Å². The minimum Gasteiger partial charge on any atom is -0.481 e. The summed E-state index contributed by atoms with van der Waals surface area (Å²) in [4.78, 5) is 34.4. The fourth-order valence-electron chi connectivity index (χ4n) is 2.41. The molecule has 2 atom stereocenters. The number of aliphatic carboxylic acids is 1. The lowest BCUT2D eigenvalue weighted by atomic mass is 9.95. The zero-order chi connectivity index (χ0) is 15.1. The Kier molecular flexibility index (Phi) is 6.48. The molecule has 0 heterocycles. The molecule has 1 rings (SSSR count). The summed E-state index contributed by atoms with van der Waals surface area (Å²) in [5.74, 6) is -1.89. The van der Waals surface area contributed by atoms with Crippen LogP contribution in [0.15, 0.2) is 0 Å². The first kappa shape index (κ1) is 16.5. The fourth-order valence-corrected chi connectivity index (χ4v) is 2.41. The number of nitrogens with one attached hydrogen (secondary N) is 2. The van der Waals surface area contributed by atoms with E-state index in [9.17, 15) is 14.4 Å². The number of hydrogen-bond acceptors (Lipinski definition) is 3. The monoisotopic (exact) mass is 284 g/mol. The Bertz CT molecular complexity index is 368. The predicted molar refractivity (Wildman–Crippen MR) is 73.9 cm³/mol. The predicted octanol–water partition coefficient (Wildman–Crippen LogP) is 0.766. The van der Waals surface area contributed by atoms with Crippen LogP contribution in [0.3, 0.4) is 0 Å². The molecule has 3 N–H and O–H groups in total. The van der Waals surface area contributed by atoms with Gasteiger partial charge in [0.2, 0.25) is 11.8 Å². The van der Waals surface area contributed by atoms with Gasteiger partial charge in [-0.15, -0.1) is 0 Å². The number of carbonyl (C=O) groups is 3. The van der Waals surface area contributed by atoms with Crippen LogP contribution in [0.25, 0.3) is 0 Å². The summed E-state index contributed by atoms with van der Waals surface area (Å²) in [7, 11) is 0. The molecule has 0 radical (unpaired) electrons. The van der Waals surface area contributed by atoms with E-state index in [-0.39, 0.29) is 24.8 Å². The van der Waals surface area contributed by atoms with Gasteiger partial charge in [0, 0.05) is 19.5 Å². The fraction of sp³-hybridized carbons (Fsp3) is 0.786. The molecule has 0 aliphatic heterocycles. The van der Waals surface area contributed by atoms with Crippen LogP contribution in [0, 0.1) is 17.8 Å². The summed E-state index contributed by atoms with van der Waals surface area (Å²) in [5, 5.41) is 14.5. The van der Waals surface area contributed by atoms with E-state index in [0.29, 0.717) is 25.3 Å². The van der Waals surface area contributed by atoms with Crippen LogP contribution in [0.4, 0.5) is 0 Å². The third-order valence-corrected chi connectivity index (χ3v) is 3.53. The van der Waals surface area contributed by atoms with Gasteiger partial charge in [0.05, 0.1) is 11.8 Å². The van der Waals surface area contributed by atoms with Gasteiger partial charge in [-0.1, -0.05) is 20.3 Å². The van der Waals surface area contributed by atoms with E-state index in [0.717, 1.165) is 6.42 Å². The molecule has 1 aliphatic rings. The molecule has 1 saturated carbocycles. The third-order valence-electron chi connectivity index (χ3n) is 3.53. The van der Waals surface area contributed by atoms with Gasteiger partial charge in [0.1, 0.15) is 0 Å². The van der Waals surface area contributed by atoms with Crippen molar-refractivity contribution < 1.29 is 19.5 Å². The van der Waals surface area contributed by atoms with Crippen molar-refractivity contribution in [1.82, 2.24) is 10.6 Å². The maximum atomic E-state index is 11.9. The van der Waals surface area contributed by atoms with Crippen LogP contribution in [-0.2, 0) is 14.4 Å². The minimum absolute atomic E-state index is 0.0970. The molecule has 0 aromatic carbocycles. The number of hydrogen-bond donors (Lipinski definition) is 3. The second-order valence-electron chi connectivity index (χ2n) is 5.72. The largest absolute Gasteiger partial charge is 0.481 e. The van der Waals surface area contributed by atoms with E-state index in [1.807, 2.05) is 13.8 Å². The van der Waals surface area contributed by atoms with Crippen LogP contribution in [0.1, 0.15) is 39.5 Å². The number of rotatable bonds is 7. The molecule has 6 nitrogen and oxygen atoms in total. The quantitative estimate of drug-likeness (QED) is 0.643. The first-order valence-corrected chi connectivity index (χ1v) is 7.19. The van der Waals surface area contributed by atoms with E-state index >= 15 is 0 Å². The van der Waals surface area contributed by atoms with E-state index in [1.165, 1.54) is 0 Å². The normalized spacial score (nSPS) is 21.8. The molecule has 6 heteroatoms. The molecule has 114 valence electrons. The van der Waals surface area contributed by atoms with Crippen molar-refractivity contribution in [1.29, 1.82) is 0 Å². The first-order chi connectivity index (χ1) is 9.41. The van der Waals surface area contributed by atoms with E-state index in [1.54, 1.807) is 0 Å². The van der Waals surface area contributed by atoms with Crippen molar-refractivity contribution in [2.45, 2.75) is 39.5 Å². The van der Waals surface area contributed by atoms with Gasteiger partial charge < -0.3 is 15.7 Å². The SMILES string of the molecule is CC(C)CNC(=O)CCNC(=O)C1CCCC1C(=O)O. The lowest BCUT2D eigenvalue weighted by molar-refractivity contribution is -0.146. The Morgan fingerprint density at radius 1 is 1.15 bits per heavy atom. The molecule has 0 saturated heterocycles. The van der Waals surface area contributed by atoms with Gasteiger partial charge >= 0.3 is 5.97 Å². The summed E-state index contributed by atoms with van der Waals surface area (Å²) < 4.78 is 0. The van der Waals surface area contributed by atoms with Crippen molar-refractivity contribution in [2.24, 2.45) is 17.8 Å². The zero-order valence-electron chi connectivity index (χ0n) is 12.1. The highest BCUT2D eigenvalue weighted by atomic mass is 16.4. The molecule has 0 aromatic heterocycles.